The molecule has 128 valence electrons. The summed E-state index contributed by atoms with van der Waals surface area (Å²) in [6.45, 7) is 1.03. The number of thiazole rings is 1. The van der Waals surface area contributed by atoms with Crippen LogP contribution < -0.4 is 5.32 Å². The SMILES string of the molecule is CN(CC(=O)Nc1ccc2c(c1)CCC2)Cc1nc2ccccc2s1. The Kier molecular flexibility index (Phi) is 4.51. The number of para-hydroxylation sites is 1. The minimum absolute atomic E-state index is 0.0153. The molecule has 0 saturated carbocycles. The molecular formula is C20H21N3OS. The third-order valence-corrected chi connectivity index (χ3v) is 5.56. The van der Waals surface area contributed by atoms with Crippen molar-refractivity contribution in [2.24, 2.45) is 0 Å². The van der Waals surface area contributed by atoms with Crippen LogP contribution in [-0.2, 0) is 24.2 Å². The molecule has 3 aromatic rings. The van der Waals surface area contributed by atoms with E-state index in [9.17, 15) is 4.79 Å². The summed E-state index contributed by atoms with van der Waals surface area (Å²) in [5.41, 5.74) is 4.73. The molecular weight excluding hydrogens is 330 g/mol. The van der Waals surface area contributed by atoms with Crippen LogP contribution in [0.5, 0.6) is 0 Å². The molecule has 5 heteroatoms. The Hall–Kier alpha value is -2.24. The molecule has 4 nitrogen and oxygen atoms in total. The normalized spacial score (nSPS) is 13.4. The first kappa shape index (κ1) is 16.2. The molecule has 2 aromatic carbocycles. The third kappa shape index (κ3) is 3.72. The Bertz CT molecular complexity index is 885. The number of fused-ring (bicyclic) bond motifs is 2. The maximum atomic E-state index is 12.3. The Morgan fingerprint density at radius 2 is 2.04 bits per heavy atom. The van der Waals surface area contributed by atoms with E-state index in [1.165, 1.54) is 22.2 Å². The van der Waals surface area contributed by atoms with Gasteiger partial charge in [-0.15, -0.1) is 11.3 Å². The smallest absolute Gasteiger partial charge is 0.238 e. The molecule has 25 heavy (non-hydrogen) atoms. The van der Waals surface area contributed by atoms with Crippen molar-refractivity contribution in [1.29, 1.82) is 0 Å². The van der Waals surface area contributed by atoms with Crippen LogP contribution in [0, 0.1) is 0 Å². The maximum absolute atomic E-state index is 12.3. The van der Waals surface area contributed by atoms with Gasteiger partial charge in [0.05, 0.1) is 23.3 Å². The van der Waals surface area contributed by atoms with E-state index in [0.29, 0.717) is 13.1 Å². The second kappa shape index (κ2) is 6.94. The van der Waals surface area contributed by atoms with E-state index in [-0.39, 0.29) is 5.91 Å². The lowest BCUT2D eigenvalue weighted by Crippen LogP contribution is -2.29. The summed E-state index contributed by atoms with van der Waals surface area (Å²) in [5.74, 6) is 0.0153. The van der Waals surface area contributed by atoms with E-state index >= 15 is 0 Å². The van der Waals surface area contributed by atoms with Gasteiger partial charge in [-0.05, 0) is 61.7 Å². The van der Waals surface area contributed by atoms with E-state index in [1.807, 2.05) is 36.2 Å². The van der Waals surface area contributed by atoms with E-state index in [0.717, 1.165) is 29.1 Å². The number of carbonyl (C=O) groups excluding carboxylic acids is 1. The summed E-state index contributed by atoms with van der Waals surface area (Å²) >= 11 is 1.69. The first-order valence-electron chi connectivity index (χ1n) is 8.62. The average molecular weight is 351 g/mol. The molecule has 1 aliphatic rings. The molecule has 0 unspecified atom stereocenters. The fourth-order valence-electron chi connectivity index (χ4n) is 3.37. The third-order valence-electron chi connectivity index (χ3n) is 4.54. The molecule has 0 radical (unpaired) electrons. The number of nitrogens with zero attached hydrogens (tertiary/aromatic N) is 2. The predicted octanol–water partition coefficient (Wildman–Crippen LogP) is 3.86. The van der Waals surface area contributed by atoms with Gasteiger partial charge in [0.15, 0.2) is 0 Å². The second-order valence-electron chi connectivity index (χ2n) is 6.63. The Morgan fingerprint density at radius 1 is 1.20 bits per heavy atom. The minimum Gasteiger partial charge on any atom is -0.325 e. The van der Waals surface area contributed by atoms with Gasteiger partial charge in [0.25, 0.3) is 0 Å². The topological polar surface area (TPSA) is 45.2 Å². The number of aromatic nitrogens is 1. The highest BCUT2D eigenvalue weighted by Gasteiger charge is 2.13. The van der Waals surface area contributed by atoms with Crippen LogP contribution in [0.1, 0.15) is 22.6 Å². The van der Waals surface area contributed by atoms with Crippen LogP contribution in [0.4, 0.5) is 5.69 Å². The predicted molar refractivity (Wildman–Crippen MR) is 103 cm³/mol. The van der Waals surface area contributed by atoms with Crippen LogP contribution >= 0.6 is 11.3 Å². The number of rotatable bonds is 5. The van der Waals surface area contributed by atoms with Crippen molar-refractivity contribution in [3.05, 3.63) is 58.6 Å². The molecule has 0 aliphatic heterocycles. The molecule has 0 spiro atoms. The highest BCUT2D eigenvalue weighted by Crippen LogP contribution is 2.25. The van der Waals surface area contributed by atoms with Crippen LogP contribution in [0.15, 0.2) is 42.5 Å². The van der Waals surface area contributed by atoms with Crippen LogP contribution in [0.3, 0.4) is 0 Å². The van der Waals surface area contributed by atoms with Crippen LogP contribution in [0.2, 0.25) is 0 Å². The Balaban J connectivity index is 1.35. The van der Waals surface area contributed by atoms with E-state index < -0.39 is 0 Å². The van der Waals surface area contributed by atoms with E-state index in [4.69, 9.17) is 0 Å². The fraction of sp³-hybridized carbons (Fsp3) is 0.300. The van der Waals surface area contributed by atoms with Gasteiger partial charge in [-0.2, -0.15) is 0 Å². The van der Waals surface area contributed by atoms with Crippen molar-refractivity contribution in [2.45, 2.75) is 25.8 Å². The average Bonchev–Trinajstić information content (AvgIpc) is 3.19. The highest BCUT2D eigenvalue weighted by molar-refractivity contribution is 7.18. The lowest BCUT2D eigenvalue weighted by molar-refractivity contribution is -0.117. The Morgan fingerprint density at radius 3 is 2.92 bits per heavy atom. The number of amides is 1. The second-order valence-corrected chi connectivity index (χ2v) is 7.75. The largest absolute Gasteiger partial charge is 0.325 e. The first-order chi connectivity index (χ1) is 12.2. The lowest BCUT2D eigenvalue weighted by atomic mass is 10.1. The van der Waals surface area contributed by atoms with Crippen molar-refractivity contribution in [3.63, 3.8) is 0 Å². The summed E-state index contributed by atoms with van der Waals surface area (Å²) in [4.78, 5) is 18.9. The highest BCUT2D eigenvalue weighted by atomic mass is 32.1. The standard InChI is InChI=1S/C20H21N3OS/c1-23(13-20-22-17-7-2-3-8-18(17)25-20)12-19(24)21-16-10-9-14-5-4-6-15(14)11-16/h2-3,7-11H,4-6,12-13H2,1H3,(H,21,24). The molecule has 1 N–H and O–H groups in total. The van der Waals surface area contributed by atoms with Crippen molar-refractivity contribution < 1.29 is 4.79 Å². The van der Waals surface area contributed by atoms with Gasteiger partial charge >= 0.3 is 0 Å². The number of benzene rings is 2. The van der Waals surface area contributed by atoms with Crippen molar-refractivity contribution in [3.8, 4) is 0 Å². The summed E-state index contributed by atoms with van der Waals surface area (Å²) in [7, 11) is 1.95. The van der Waals surface area contributed by atoms with Gasteiger partial charge in [-0.3, -0.25) is 9.69 Å². The number of nitrogens with one attached hydrogen (secondary N) is 1. The van der Waals surface area contributed by atoms with Gasteiger partial charge < -0.3 is 5.32 Å². The zero-order chi connectivity index (χ0) is 17.2. The molecule has 0 atom stereocenters. The molecule has 1 aliphatic carbocycles. The van der Waals surface area contributed by atoms with E-state index in [2.05, 4.69) is 28.5 Å². The molecule has 1 aromatic heterocycles. The number of likely N-dealkylation sites (N-methyl/N-ethyl adjacent to an activating group) is 1. The van der Waals surface area contributed by atoms with Gasteiger partial charge in [-0.25, -0.2) is 4.98 Å². The summed E-state index contributed by atoms with van der Waals surface area (Å²) in [6, 6.07) is 14.4. The van der Waals surface area contributed by atoms with Crippen LogP contribution in [-0.4, -0.2) is 29.4 Å². The quantitative estimate of drug-likeness (QED) is 0.759. The van der Waals surface area contributed by atoms with Gasteiger partial charge in [-0.1, -0.05) is 18.2 Å². The maximum Gasteiger partial charge on any atom is 0.238 e. The van der Waals surface area contributed by atoms with E-state index in [1.54, 1.807) is 11.3 Å². The summed E-state index contributed by atoms with van der Waals surface area (Å²) in [6.07, 6.45) is 3.50. The van der Waals surface area contributed by atoms with Gasteiger partial charge in [0.2, 0.25) is 5.91 Å². The number of anilines is 1. The molecule has 1 amide bonds. The van der Waals surface area contributed by atoms with Gasteiger partial charge in [0, 0.05) is 5.69 Å². The number of hydrogen-bond acceptors (Lipinski definition) is 4. The molecule has 0 bridgehead atoms. The molecule has 4 rings (SSSR count). The zero-order valence-corrected chi connectivity index (χ0v) is 15.1. The number of carbonyl (C=O) groups is 1. The monoisotopic (exact) mass is 351 g/mol. The minimum atomic E-state index is 0.0153. The van der Waals surface area contributed by atoms with Crippen LogP contribution in [0.25, 0.3) is 10.2 Å². The zero-order valence-electron chi connectivity index (χ0n) is 14.3. The van der Waals surface area contributed by atoms with Crippen molar-refractivity contribution in [2.75, 3.05) is 18.9 Å². The Labute approximate surface area is 151 Å². The number of aryl methyl sites for hydroxylation is 2. The number of hydrogen-bond donors (Lipinski definition) is 1. The lowest BCUT2D eigenvalue weighted by Gasteiger charge is -2.15. The van der Waals surface area contributed by atoms with Crippen molar-refractivity contribution >= 4 is 33.1 Å². The van der Waals surface area contributed by atoms with Gasteiger partial charge in [0.1, 0.15) is 5.01 Å². The summed E-state index contributed by atoms with van der Waals surface area (Å²) < 4.78 is 1.19. The first-order valence-corrected chi connectivity index (χ1v) is 9.44. The molecule has 0 fully saturated rings. The molecule has 0 saturated heterocycles. The molecule has 1 heterocycles. The van der Waals surface area contributed by atoms with Crippen molar-refractivity contribution in [1.82, 2.24) is 9.88 Å². The summed E-state index contributed by atoms with van der Waals surface area (Å²) in [5, 5.41) is 4.05. The fourth-order valence-corrected chi connectivity index (χ4v) is 4.42.